The molecular weight excluding hydrogens is 244 g/mol. The fraction of sp³-hybridized carbons (Fsp3) is 0.538. The maximum Gasteiger partial charge on any atom is 0.149 e. The standard InChI is InChI=1S/C13H14ClF2N/c14-6-9-4-11(15)13(12(16)5-9)17-7-8-1-2-10(17)3-8/h4-5,8,10H,1-3,6-7H2. The van der Waals surface area contributed by atoms with Gasteiger partial charge in [0.25, 0.3) is 0 Å². The smallest absolute Gasteiger partial charge is 0.149 e. The lowest BCUT2D eigenvalue weighted by molar-refractivity contribution is 0.520. The van der Waals surface area contributed by atoms with E-state index in [4.69, 9.17) is 11.6 Å². The number of alkyl halides is 1. The zero-order valence-electron chi connectivity index (χ0n) is 9.43. The lowest BCUT2D eigenvalue weighted by Crippen LogP contribution is -2.33. The second-order valence-corrected chi connectivity index (χ2v) is 5.29. The largest absolute Gasteiger partial charge is 0.364 e. The molecule has 1 heterocycles. The average molecular weight is 258 g/mol. The molecular formula is C13H14ClF2N. The van der Waals surface area contributed by atoms with E-state index in [2.05, 4.69) is 0 Å². The van der Waals surface area contributed by atoms with Gasteiger partial charge in [0.05, 0.1) is 0 Å². The third kappa shape index (κ3) is 1.81. The maximum atomic E-state index is 13.9. The first-order chi connectivity index (χ1) is 8.19. The fourth-order valence-corrected chi connectivity index (χ4v) is 3.32. The number of anilines is 1. The van der Waals surface area contributed by atoms with Crippen LogP contribution in [0.15, 0.2) is 12.1 Å². The summed E-state index contributed by atoms with van der Waals surface area (Å²) in [5.41, 5.74) is 0.640. The normalized spacial score (nSPS) is 26.9. The van der Waals surface area contributed by atoms with Crippen LogP contribution in [0.3, 0.4) is 0 Å². The van der Waals surface area contributed by atoms with Crippen LogP contribution in [-0.4, -0.2) is 12.6 Å². The van der Waals surface area contributed by atoms with Crippen LogP contribution in [0.5, 0.6) is 0 Å². The molecule has 17 heavy (non-hydrogen) atoms. The molecule has 2 atom stereocenters. The van der Waals surface area contributed by atoms with Crippen molar-refractivity contribution in [3.8, 4) is 0 Å². The van der Waals surface area contributed by atoms with Gasteiger partial charge in [0.15, 0.2) is 0 Å². The lowest BCUT2D eigenvalue weighted by atomic mass is 10.1. The summed E-state index contributed by atoms with van der Waals surface area (Å²) in [5.74, 6) is -0.201. The number of benzene rings is 1. The van der Waals surface area contributed by atoms with Gasteiger partial charge in [-0.15, -0.1) is 11.6 Å². The van der Waals surface area contributed by atoms with Gasteiger partial charge in [-0.1, -0.05) is 0 Å². The van der Waals surface area contributed by atoms with Gasteiger partial charge >= 0.3 is 0 Å². The van der Waals surface area contributed by atoms with E-state index in [0.717, 1.165) is 19.4 Å². The molecule has 1 saturated heterocycles. The predicted molar refractivity (Wildman–Crippen MR) is 64.4 cm³/mol. The number of piperidine rings is 1. The van der Waals surface area contributed by atoms with E-state index in [0.29, 0.717) is 17.5 Å². The summed E-state index contributed by atoms with van der Waals surface area (Å²) in [5, 5.41) is 0. The molecule has 0 radical (unpaired) electrons. The van der Waals surface area contributed by atoms with E-state index in [1.54, 1.807) is 0 Å². The van der Waals surface area contributed by atoms with Crippen molar-refractivity contribution >= 4 is 17.3 Å². The Morgan fingerprint density at radius 3 is 2.41 bits per heavy atom. The molecule has 2 unspecified atom stereocenters. The van der Waals surface area contributed by atoms with Crippen molar-refractivity contribution in [2.75, 3.05) is 11.4 Å². The molecule has 1 aliphatic heterocycles. The van der Waals surface area contributed by atoms with Gasteiger partial charge in [-0.3, -0.25) is 0 Å². The highest BCUT2D eigenvalue weighted by Gasteiger charge is 2.39. The Balaban J connectivity index is 1.98. The number of rotatable bonds is 2. The van der Waals surface area contributed by atoms with Crippen LogP contribution in [0, 0.1) is 17.6 Å². The van der Waals surface area contributed by atoms with Crippen molar-refractivity contribution in [1.82, 2.24) is 0 Å². The lowest BCUT2D eigenvalue weighted by Gasteiger charge is -2.29. The first-order valence-corrected chi connectivity index (χ1v) is 6.53. The highest BCUT2D eigenvalue weighted by atomic mass is 35.5. The molecule has 1 aromatic carbocycles. The third-order valence-electron chi connectivity index (χ3n) is 3.93. The number of nitrogens with zero attached hydrogens (tertiary/aromatic N) is 1. The van der Waals surface area contributed by atoms with Crippen molar-refractivity contribution < 1.29 is 8.78 Å². The summed E-state index contributed by atoms with van der Waals surface area (Å²) in [4.78, 5) is 1.90. The van der Waals surface area contributed by atoms with Crippen LogP contribution >= 0.6 is 11.6 Å². The quantitative estimate of drug-likeness (QED) is 0.731. The third-order valence-corrected chi connectivity index (χ3v) is 4.24. The zero-order chi connectivity index (χ0) is 12.0. The number of hydrogen-bond acceptors (Lipinski definition) is 1. The summed E-state index contributed by atoms with van der Waals surface area (Å²) in [6, 6.07) is 3.01. The van der Waals surface area contributed by atoms with Crippen molar-refractivity contribution in [3.63, 3.8) is 0 Å². The Morgan fingerprint density at radius 2 is 1.94 bits per heavy atom. The molecule has 4 heteroatoms. The topological polar surface area (TPSA) is 3.24 Å². The summed E-state index contributed by atoms with van der Waals surface area (Å²) < 4.78 is 27.9. The molecule has 2 bridgehead atoms. The molecule has 3 rings (SSSR count). The van der Waals surface area contributed by atoms with Gasteiger partial charge in [-0.2, -0.15) is 0 Å². The van der Waals surface area contributed by atoms with Crippen LogP contribution in [0.2, 0.25) is 0 Å². The van der Waals surface area contributed by atoms with E-state index < -0.39 is 11.6 Å². The minimum Gasteiger partial charge on any atom is -0.364 e. The summed E-state index contributed by atoms with van der Waals surface area (Å²) in [7, 11) is 0. The van der Waals surface area contributed by atoms with Gasteiger partial charge < -0.3 is 4.90 Å². The SMILES string of the molecule is Fc1cc(CCl)cc(F)c1N1CC2CCC1C2. The first kappa shape index (κ1) is 11.3. The minimum absolute atomic E-state index is 0.139. The second kappa shape index (κ2) is 4.13. The van der Waals surface area contributed by atoms with E-state index >= 15 is 0 Å². The minimum atomic E-state index is -0.479. The highest BCUT2D eigenvalue weighted by molar-refractivity contribution is 6.17. The fourth-order valence-electron chi connectivity index (χ4n) is 3.17. The van der Waals surface area contributed by atoms with Crippen molar-refractivity contribution in [3.05, 3.63) is 29.3 Å². The van der Waals surface area contributed by atoms with Gasteiger partial charge in [0.2, 0.25) is 0 Å². The Labute approximate surface area is 104 Å². The van der Waals surface area contributed by atoms with E-state index in [-0.39, 0.29) is 11.6 Å². The maximum absolute atomic E-state index is 13.9. The van der Waals surface area contributed by atoms with Gasteiger partial charge in [-0.25, -0.2) is 8.78 Å². The van der Waals surface area contributed by atoms with E-state index in [9.17, 15) is 8.78 Å². The Kier molecular flexibility index (Phi) is 2.74. The van der Waals surface area contributed by atoms with Crippen LogP contribution in [0.1, 0.15) is 24.8 Å². The Morgan fingerprint density at radius 1 is 1.24 bits per heavy atom. The average Bonchev–Trinajstić information content (AvgIpc) is 2.90. The number of halogens is 3. The van der Waals surface area contributed by atoms with E-state index in [1.165, 1.54) is 18.6 Å². The van der Waals surface area contributed by atoms with Crippen LogP contribution < -0.4 is 4.90 Å². The Bertz CT molecular complexity index is 426. The molecule has 0 amide bonds. The molecule has 1 saturated carbocycles. The molecule has 0 spiro atoms. The van der Waals surface area contributed by atoms with Gasteiger partial charge in [-0.05, 0) is 42.9 Å². The monoisotopic (exact) mass is 257 g/mol. The van der Waals surface area contributed by atoms with Gasteiger partial charge in [0.1, 0.15) is 17.3 Å². The van der Waals surface area contributed by atoms with Crippen LogP contribution in [0.4, 0.5) is 14.5 Å². The highest BCUT2D eigenvalue weighted by Crippen LogP contribution is 2.42. The zero-order valence-corrected chi connectivity index (χ0v) is 10.2. The van der Waals surface area contributed by atoms with Crippen LogP contribution in [0.25, 0.3) is 0 Å². The van der Waals surface area contributed by atoms with Gasteiger partial charge in [0, 0.05) is 18.5 Å². The van der Waals surface area contributed by atoms with E-state index in [1.807, 2.05) is 4.90 Å². The summed E-state index contributed by atoms with van der Waals surface area (Å²) >= 11 is 5.60. The summed E-state index contributed by atoms with van der Waals surface area (Å²) in [6.45, 7) is 0.790. The first-order valence-electron chi connectivity index (χ1n) is 5.99. The number of fused-ring (bicyclic) bond motifs is 2. The van der Waals surface area contributed by atoms with Crippen LogP contribution in [-0.2, 0) is 5.88 Å². The van der Waals surface area contributed by atoms with Crippen molar-refractivity contribution in [2.45, 2.75) is 31.2 Å². The molecule has 0 aromatic heterocycles. The predicted octanol–water partition coefficient (Wildman–Crippen LogP) is 3.69. The van der Waals surface area contributed by atoms with Crippen molar-refractivity contribution in [2.24, 2.45) is 5.92 Å². The molecule has 1 nitrogen and oxygen atoms in total. The molecule has 2 fully saturated rings. The number of hydrogen-bond donors (Lipinski definition) is 0. The molecule has 1 aromatic rings. The Hall–Kier alpha value is -0.830. The molecule has 0 N–H and O–H groups in total. The molecule has 92 valence electrons. The molecule has 1 aliphatic carbocycles. The second-order valence-electron chi connectivity index (χ2n) is 5.03. The van der Waals surface area contributed by atoms with Crippen molar-refractivity contribution in [1.29, 1.82) is 0 Å². The summed E-state index contributed by atoms with van der Waals surface area (Å²) in [6.07, 6.45) is 3.33. The molecule has 2 aliphatic rings.